The van der Waals surface area contributed by atoms with E-state index in [0.717, 1.165) is 45.0 Å². The molecule has 0 aliphatic heterocycles. The highest BCUT2D eigenvalue weighted by Crippen LogP contribution is 2.31. The summed E-state index contributed by atoms with van der Waals surface area (Å²) in [5, 5.41) is 3.93. The molecule has 136 valence electrons. The molecular formula is C20H23N3O2S. The summed E-state index contributed by atoms with van der Waals surface area (Å²) in [5.74, 6) is 1.54. The number of benzene rings is 1. The van der Waals surface area contributed by atoms with E-state index in [1.807, 2.05) is 52.0 Å². The average molecular weight is 369 g/mol. The van der Waals surface area contributed by atoms with Crippen molar-refractivity contribution in [3.63, 3.8) is 0 Å². The molecule has 0 radical (unpaired) electrons. The van der Waals surface area contributed by atoms with Gasteiger partial charge >= 0.3 is 0 Å². The van der Waals surface area contributed by atoms with Gasteiger partial charge in [-0.1, -0.05) is 19.1 Å². The van der Waals surface area contributed by atoms with E-state index in [-0.39, 0.29) is 5.91 Å². The zero-order chi connectivity index (χ0) is 18.7. The lowest BCUT2D eigenvalue weighted by atomic mass is 10.1. The monoisotopic (exact) mass is 369 g/mol. The number of amides is 1. The first-order valence-corrected chi connectivity index (χ1v) is 9.55. The summed E-state index contributed by atoms with van der Waals surface area (Å²) in [6, 6.07) is 7.87. The maximum absolute atomic E-state index is 12.6. The summed E-state index contributed by atoms with van der Waals surface area (Å²) in [6.07, 6.45) is 0.783. The Labute approximate surface area is 157 Å². The fourth-order valence-corrected chi connectivity index (χ4v) is 4.06. The largest absolute Gasteiger partial charge is 0.492 e. The van der Waals surface area contributed by atoms with Crippen molar-refractivity contribution < 1.29 is 9.53 Å². The van der Waals surface area contributed by atoms with Crippen molar-refractivity contribution in [3.8, 4) is 5.75 Å². The Morgan fingerprint density at radius 1 is 1.23 bits per heavy atom. The quantitative estimate of drug-likeness (QED) is 0.667. The Morgan fingerprint density at radius 3 is 2.77 bits per heavy atom. The summed E-state index contributed by atoms with van der Waals surface area (Å²) < 4.78 is 5.68. The Morgan fingerprint density at radius 2 is 2.04 bits per heavy atom. The molecule has 2 aromatic heterocycles. The molecule has 0 fully saturated rings. The average Bonchev–Trinajstić information content (AvgIpc) is 2.95. The fraction of sp³-hybridized carbons (Fsp3) is 0.350. The van der Waals surface area contributed by atoms with E-state index in [0.29, 0.717) is 18.0 Å². The zero-order valence-electron chi connectivity index (χ0n) is 15.5. The molecule has 0 saturated heterocycles. The van der Waals surface area contributed by atoms with Crippen LogP contribution in [0, 0.1) is 20.8 Å². The Hall–Kier alpha value is -2.47. The van der Waals surface area contributed by atoms with E-state index < -0.39 is 0 Å². The Bertz CT molecular complexity index is 950. The van der Waals surface area contributed by atoms with Gasteiger partial charge in [-0.3, -0.25) is 4.79 Å². The highest BCUT2D eigenvalue weighted by atomic mass is 32.1. The van der Waals surface area contributed by atoms with Gasteiger partial charge in [0, 0.05) is 17.5 Å². The Kier molecular flexibility index (Phi) is 5.52. The van der Waals surface area contributed by atoms with Gasteiger partial charge in [0.25, 0.3) is 5.91 Å². The molecule has 1 amide bonds. The minimum absolute atomic E-state index is 0.0872. The molecule has 0 unspecified atom stereocenters. The van der Waals surface area contributed by atoms with E-state index >= 15 is 0 Å². The number of fused-ring (bicyclic) bond motifs is 1. The second kappa shape index (κ2) is 7.83. The van der Waals surface area contributed by atoms with Crippen molar-refractivity contribution >= 4 is 27.5 Å². The van der Waals surface area contributed by atoms with Gasteiger partial charge in [-0.15, -0.1) is 11.3 Å². The highest BCUT2D eigenvalue weighted by Gasteiger charge is 2.18. The molecule has 2 heterocycles. The van der Waals surface area contributed by atoms with Gasteiger partial charge in [-0.05, 0) is 44.0 Å². The van der Waals surface area contributed by atoms with Gasteiger partial charge in [-0.25, -0.2) is 9.97 Å². The summed E-state index contributed by atoms with van der Waals surface area (Å²) >= 11 is 1.43. The number of hydrogen-bond donors (Lipinski definition) is 1. The molecule has 0 bridgehead atoms. The highest BCUT2D eigenvalue weighted by molar-refractivity contribution is 7.20. The first kappa shape index (κ1) is 18.3. The van der Waals surface area contributed by atoms with Crippen molar-refractivity contribution in [2.45, 2.75) is 34.1 Å². The minimum Gasteiger partial charge on any atom is -0.492 e. The van der Waals surface area contributed by atoms with Crippen LogP contribution >= 0.6 is 11.3 Å². The predicted octanol–water partition coefficient (Wildman–Crippen LogP) is 3.99. The van der Waals surface area contributed by atoms with Crippen LogP contribution in [0.4, 0.5) is 0 Å². The fourth-order valence-electron chi connectivity index (χ4n) is 2.89. The molecule has 0 atom stereocenters. The van der Waals surface area contributed by atoms with Gasteiger partial charge < -0.3 is 10.1 Å². The number of carbonyl (C=O) groups excluding carboxylic acids is 1. The molecule has 3 rings (SSSR count). The van der Waals surface area contributed by atoms with Crippen LogP contribution in [0.3, 0.4) is 0 Å². The SMILES string of the molecule is CCc1nc(C)c2c(C)c(C(=O)NCCOc3cccc(C)c3)sc2n1. The van der Waals surface area contributed by atoms with E-state index in [1.54, 1.807) is 0 Å². The molecule has 1 N–H and O–H groups in total. The number of thiophene rings is 1. The van der Waals surface area contributed by atoms with Gasteiger partial charge in [0.15, 0.2) is 0 Å². The molecule has 0 aliphatic carbocycles. The molecule has 5 nitrogen and oxygen atoms in total. The van der Waals surface area contributed by atoms with Gasteiger partial charge in [-0.2, -0.15) is 0 Å². The third kappa shape index (κ3) is 3.85. The summed E-state index contributed by atoms with van der Waals surface area (Å²) in [5.41, 5.74) is 3.03. The molecular weight excluding hydrogens is 346 g/mol. The minimum atomic E-state index is -0.0872. The summed E-state index contributed by atoms with van der Waals surface area (Å²) in [7, 11) is 0. The molecule has 26 heavy (non-hydrogen) atoms. The van der Waals surface area contributed by atoms with Crippen LogP contribution in [0.1, 0.15) is 39.2 Å². The normalized spacial score (nSPS) is 10.9. The maximum Gasteiger partial charge on any atom is 0.261 e. The molecule has 6 heteroatoms. The van der Waals surface area contributed by atoms with Crippen LogP contribution in [0.2, 0.25) is 0 Å². The smallest absolute Gasteiger partial charge is 0.261 e. The number of carbonyl (C=O) groups is 1. The lowest BCUT2D eigenvalue weighted by Crippen LogP contribution is -2.27. The molecule has 1 aromatic carbocycles. The van der Waals surface area contributed by atoms with Crippen LogP contribution in [0.25, 0.3) is 10.2 Å². The maximum atomic E-state index is 12.6. The standard InChI is InChI=1S/C20H23N3O2S/c1-5-16-22-14(4)17-13(3)18(26-20(17)23-16)19(24)21-9-10-25-15-8-6-7-12(2)11-15/h6-8,11H,5,9-10H2,1-4H3,(H,21,24). The van der Waals surface area contributed by atoms with Crippen LogP contribution in [-0.4, -0.2) is 29.0 Å². The number of nitrogens with one attached hydrogen (secondary N) is 1. The number of hydrogen-bond acceptors (Lipinski definition) is 5. The predicted molar refractivity (Wildman–Crippen MR) is 105 cm³/mol. The second-order valence-electron chi connectivity index (χ2n) is 6.24. The number of nitrogens with zero attached hydrogens (tertiary/aromatic N) is 2. The number of aromatic nitrogens is 2. The van der Waals surface area contributed by atoms with Crippen molar-refractivity contribution in [1.82, 2.24) is 15.3 Å². The molecule has 3 aromatic rings. The van der Waals surface area contributed by atoms with E-state index in [1.165, 1.54) is 11.3 Å². The van der Waals surface area contributed by atoms with E-state index in [9.17, 15) is 4.79 Å². The van der Waals surface area contributed by atoms with Crippen LogP contribution in [0.15, 0.2) is 24.3 Å². The third-order valence-electron chi connectivity index (χ3n) is 4.19. The second-order valence-corrected chi connectivity index (χ2v) is 7.24. The van der Waals surface area contributed by atoms with Crippen LogP contribution < -0.4 is 10.1 Å². The van der Waals surface area contributed by atoms with E-state index in [2.05, 4.69) is 15.3 Å². The van der Waals surface area contributed by atoms with Crippen molar-refractivity contribution in [1.29, 1.82) is 0 Å². The molecule has 0 spiro atoms. The molecule has 0 aliphatic rings. The van der Waals surface area contributed by atoms with Crippen molar-refractivity contribution in [2.24, 2.45) is 0 Å². The summed E-state index contributed by atoms with van der Waals surface area (Å²) in [4.78, 5) is 23.2. The zero-order valence-corrected chi connectivity index (χ0v) is 16.4. The first-order chi connectivity index (χ1) is 12.5. The number of ether oxygens (including phenoxy) is 1. The lowest BCUT2D eigenvalue weighted by molar-refractivity contribution is 0.0950. The Balaban J connectivity index is 1.66. The number of aryl methyl sites for hydroxylation is 4. The van der Waals surface area contributed by atoms with Gasteiger partial charge in [0.05, 0.1) is 11.4 Å². The van der Waals surface area contributed by atoms with E-state index in [4.69, 9.17) is 4.74 Å². The van der Waals surface area contributed by atoms with Crippen molar-refractivity contribution in [2.75, 3.05) is 13.2 Å². The molecule has 0 saturated carbocycles. The lowest BCUT2D eigenvalue weighted by Gasteiger charge is -2.08. The van der Waals surface area contributed by atoms with Gasteiger partial charge in [0.1, 0.15) is 23.0 Å². The topological polar surface area (TPSA) is 64.1 Å². The van der Waals surface area contributed by atoms with Crippen LogP contribution in [0.5, 0.6) is 5.75 Å². The van der Waals surface area contributed by atoms with Crippen LogP contribution in [-0.2, 0) is 6.42 Å². The first-order valence-electron chi connectivity index (χ1n) is 8.74. The van der Waals surface area contributed by atoms with Gasteiger partial charge in [0.2, 0.25) is 0 Å². The third-order valence-corrected chi connectivity index (χ3v) is 5.37. The number of rotatable bonds is 6. The summed E-state index contributed by atoms with van der Waals surface area (Å²) in [6.45, 7) is 8.86. The van der Waals surface area contributed by atoms with Crippen molar-refractivity contribution in [3.05, 3.63) is 51.8 Å².